The molecule has 0 unspecified atom stereocenters. The first-order valence-electron chi connectivity index (χ1n) is 16.9. The molecule has 0 aliphatic heterocycles. The monoisotopic (exact) mass is 628 g/mol. The maximum Gasteiger partial charge on any atom is 0.0991 e. The Morgan fingerprint density at radius 2 is 0.780 bits per heavy atom. The smallest absolute Gasteiger partial charge is 0.0991 e. The van der Waals surface area contributed by atoms with E-state index in [1.807, 2.05) is 36.4 Å². The number of rotatable bonds is 2. The van der Waals surface area contributed by atoms with Gasteiger partial charge in [0.2, 0.25) is 0 Å². The molecular formula is C48H24N2. The van der Waals surface area contributed by atoms with E-state index in [1.54, 1.807) is 0 Å². The second-order valence-electron chi connectivity index (χ2n) is 13.4. The Balaban J connectivity index is 1.47. The highest BCUT2D eigenvalue weighted by molar-refractivity contribution is 6.42. The maximum absolute atomic E-state index is 10.0. The average Bonchev–Trinajstić information content (AvgIpc) is 3.67. The molecule has 11 aromatic carbocycles. The SMILES string of the molecule is N#Cc1cccc(-c2c3cc4c(cc3c(-c3cccc(C#N)c3)c3c5cccc6cccc(c23)c65)c2cc3ccccc3c3cccc4c32)c1. The second-order valence-corrected chi connectivity index (χ2v) is 13.4. The molecule has 0 fully saturated rings. The van der Waals surface area contributed by atoms with Crippen LogP contribution < -0.4 is 0 Å². The predicted octanol–water partition coefficient (Wildman–Crippen LogP) is 12.9. The first kappa shape index (κ1) is 27.0. The summed E-state index contributed by atoms with van der Waals surface area (Å²) in [6.45, 7) is 0. The standard InChI is InChI=1S/C48H24N2/c49-25-27-8-3-13-31(20-27)44-41-23-38-35-17-7-16-34-33-15-2-1-10-30(33)22-40(46(34)35)39(38)24-42(41)45(32-14-4-9-28(21-32)26-50)48-37-19-6-12-29-11-5-18-36(43(29)37)47(44)48/h1-24H. The van der Waals surface area contributed by atoms with Crippen molar-refractivity contribution >= 4 is 86.2 Å². The van der Waals surface area contributed by atoms with E-state index in [1.165, 1.54) is 75.4 Å². The van der Waals surface area contributed by atoms with Crippen LogP contribution in [0.2, 0.25) is 0 Å². The second kappa shape index (κ2) is 9.77. The van der Waals surface area contributed by atoms with E-state index in [-0.39, 0.29) is 0 Å². The van der Waals surface area contributed by atoms with E-state index in [0.717, 1.165) is 33.0 Å². The summed E-state index contributed by atoms with van der Waals surface area (Å²) in [7, 11) is 0. The van der Waals surface area contributed by atoms with Crippen molar-refractivity contribution in [3.05, 3.63) is 157 Å². The normalized spacial score (nSPS) is 12.0. The van der Waals surface area contributed by atoms with E-state index in [0.29, 0.717) is 11.1 Å². The van der Waals surface area contributed by atoms with Gasteiger partial charge in [-0.1, -0.05) is 103 Å². The number of hydrogen-bond acceptors (Lipinski definition) is 2. The largest absolute Gasteiger partial charge is 0.192 e. The zero-order valence-electron chi connectivity index (χ0n) is 26.8. The summed E-state index contributed by atoms with van der Waals surface area (Å²) >= 11 is 0. The van der Waals surface area contributed by atoms with Crippen molar-refractivity contribution in [3.63, 3.8) is 0 Å². The third-order valence-electron chi connectivity index (χ3n) is 10.9. The molecule has 0 amide bonds. The predicted molar refractivity (Wildman–Crippen MR) is 209 cm³/mol. The Hall–Kier alpha value is -7.00. The zero-order valence-corrected chi connectivity index (χ0v) is 26.8. The molecule has 0 aliphatic carbocycles. The van der Waals surface area contributed by atoms with Crippen LogP contribution in [0, 0.1) is 22.7 Å². The number of nitriles is 2. The fourth-order valence-electron chi connectivity index (χ4n) is 8.96. The highest BCUT2D eigenvalue weighted by Crippen LogP contribution is 2.53. The quantitative estimate of drug-likeness (QED) is 0.179. The lowest BCUT2D eigenvalue weighted by Gasteiger charge is -2.17. The topological polar surface area (TPSA) is 47.6 Å². The first-order chi connectivity index (χ1) is 24.7. The van der Waals surface area contributed by atoms with Gasteiger partial charge in [0, 0.05) is 0 Å². The van der Waals surface area contributed by atoms with E-state index >= 15 is 0 Å². The Morgan fingerprint density at radius 1 is 0.300 bits per heavy atom. The van der Waals surface area contributed by atoms with Crippen molar-refractivity contribution in [1.82, 2.24) is 0 Å². The minimum Gasteiger partial charge on any atom is -0.192 e. The summed E-state index contributed by atoms with van der Waals surface area (Å²) in [6, 6.07) is 56.6. The lowest BCUT2D eigenvalue weighted by atomic mass is 9.85. The third kappa shape index (κ3) is 3.44. The highest BCUT2D eigenvalue weighted by Gasteiger charge is 2.25. The molecule has 0 spiro atoms. The van der Waals surface area contributed by atoms with Crippen molar-refractivity contribution in [2.75, 3.05) is 0 Å². The molecule has 50 heavy (non-hydrogen) atoms. The van der Waals surface area contributed by atoms with Crippen LogP contribution in [0.1, 0.15) is 11.1 Å². The lowest BCUT2D eigenvalue weighted by Crippen LogP contribution is -1.91. The molecule has 11 aromatic rings. The highest BCUT2D eigenvalue weighted by atomic mass is 14.3. The Labute approximate surface area is 286 Å². The fourth-order valence-corrected chi connectivity index (χ4v) is 8.96. The van der Waals surface area contributed by atoms with Crippen LogP contribution in [0.5, 0.6) is 0 Å². The van der Waals surface area contributed by atoms with Gasteiger partial charge in [-0.15, -0.1) is 0 Å². The van der Waals surface area contributed by atoms with Gasteiger partial charge in [0.25, 0.3) is 0 Å². The molecule has 2 nitrogen and oxygen atoms in total. The number of hydrogen-bond donors (Lipinski definition) is 0. The summed E-state index contributed by atoms with van der Waals surface area (Å²) < 4.78 is 0. The van der Waals surface area contributed by atoms with Crippen LogP contribution in [-0.4, -0.2) is 0 Å². The molecule has 0 bridgehead atoms. The number of fused-ring (bicyclic) bond motifs is 9. The van der Waals surface area contributed by atoms with Gasteiger partial charge in [0.15, 0.2) is 0 Å². The van der Waals surface area contributed by atoms with E-state index in [4.69, 9.17) is 0 Å². The molecule has 0 saturated carbocycles. The van der Waals surface area contributed by atoms with Crippen molar-refractivity contribution in [2.24, 2.45) is 0 Å². The number of benzene rings is 9. The van der Waals surface area contributed by atoms with Gasteiger partial charge in [0.05, 0.1) is 23.3 Å². The maximum atomic E-state index is 10.0. The molecule has 0 heterocycles. The molecule has 0 saturated heterocycles. The Bertz CT molecular complexity index is 3330. The molecule has 226 valence electrons. The molecule has 0 atom stereocenters. The van der Waals surface area contributed by atoms with Gasteiger partial charge in [-0.3, -0.25) is 0 Å². The van der Waals surface area contributed by atoms with E-state index in [2.05, 4.69) is 121 Å². The Morgan fingerprint density at radius 3 is 1.40 bits per heavy atom. The van der Waals surface area contributed by atoms with Gasteiger partial charge >= 0.3 is 0 Å². The van der Waals surface area contributed by atoms with Crippen LogP contribution in [0.4, 0.5) is 0 Å². The van der Waals surface area contributed by atoms with E-state index in [9.17, 15) is 10.5 Å². The molecule has 11 rings (SSSR count). The summed E-state index contributed by atoms with van der Waals surface area (Å²) in [5.74, 6) is 0. The Kier molecular flexibility index (Phi) is 5.28. The molecular weight excluding hydrogens is 605 g/mol. The van der Waals surface area contributed by atoms with Gasteiger partial charge in [-0.25, -0.2) is 0 Å². The number of nitrogens with zero attached hydrogens (tertiary/aromatic N) is 2. The zero-order chi connectivity index (χ0) is 33.1. The van der Waals surface area contributed by atoms with Gasteiger partial charge in [0.1, 0.15) is 0 Å². The summed E-state index contributed by atoms with van der Waals surface area (Å²) in [4.78, 5) is 0. The average molecular weight is 629 g/mol. The van der Waals surface area contributed by atoms with Crippen molar-refractivity contribution < 1.29 is 0 Å². The molecule has 0 aliphatic rings. The summed E-state index contributed by atoms with van der Waals surface area (Å²) in [5.41, 5.74) is 5.57. The molecule has 0 N–H and O–H groups in total. The van der Waals surface area contributed by atoms with Crippen LogP contribution in [0.3, 0.4) is 0 Å². The van der Waals surface area contributed by atoms with Crippen molar-refractivity contribution in [1.29, 1.82) is 10.5 Å². The van der Waals surface area contributed by atoms with Crippen LogP contribution in [0.25, 0.3) is 108 Å². The lowest BCUT2D eigenvalue weighted by molar-refractivity contribution is 1.48. The summed E-state index contributed by atoms with van der Waals surface area (Å²) in [5, 5.41) is 39.5. The van der Waals surface area contributed by atoms with Crippen molar-refractivity contribution in [2.45, 2.75) is 0 Å². The third-order valence-corrected chi connectivity index (χ3v) is 10.9. The van der Waals surface area contributed by atoms with Crippen LogP contribution in [-0.2, 0) is 0 Å². The minimum atomic E-state index is 0.633. The summed E-state index contributed by atoms with van der Waals surface area (Å²) in [6.07, 6.45) is 0. The van der Waals surface area contributed by atoms with Gasteiger partial charge in [-0.05, 0) is 151 Å². The van der Waals surface area contributed by atoms with Gasteiger partial charge < -0.3 is 0 Å². The molecule has 0 aromatic heterocycles. The van der Waals surface area contributed by atoms with E-state index < -0.39 is 0 Å². The van der Waals surface area contributed by atoms with Crippen LogP contribution >= 0.6 is 0 Å². The van der Waals surface area contributed by atoms with Gasteiger partial charge in [-0.2, -0.15) is 10.5 Å². The van der Waals surface area contributed by atoms with Crippen LogP contribution in [0.15, 0.2) is 146 Å². The first-order valence-corrected chi connectivity index (χ1v) is 16.9. The minimum absolute atomic E-state index is 0.633. The fraction of sp³-hybridized carbons (Fsp3) is 0. The molecule has 0 radical (unpaired) electrons. The molecule has 2 heteroatoms. The van der Waals surface area contributed by atoms with Crippen molar-refractivity contribution in [3.8, 4) is 34.4 Å².